The number of amides is 3. The minimum Gasteiger partial charge on any atom is -0.468 e. The number of alkyl carbamates (subject to hydrolysis) is 1. The molecule has 0 aliphatic carbocycles. The summed E-state index contributed by atoms with van der Waals surface area (Å²) in [6.45, 7) is 11.0. The summed E-state index contributed by atoms with van der Waals surface area (Å²) in [5, 5.41) is 14.8. The average Bonchev–Trinajstić information content (AvgIpc) is 2.72. The molecule has 0 radical (unpaired) electrons. The third-order valence-corrected chi connectivity index (χ3v) is 4.96. The van der Waals surface area contributed by atoms with Gasteiger partial charge < -0.3 is 30.1 Å². The molecule has 1 aromatic carbocycles. The van der Waals surface area contributed by atoms with Crippen LogP contribution in [0.3, 0.4) is 0 Å². The molecule has 2 atom stereocenters. The van der Waals surface area contributed by atoms with Gasteiger partial charge in [-0.15, -0.1) is 0 Å². The molecule has 10 heteroatoms. The van der Waals surface area contributed by atoms with E-state index in [9.17, 15) is 24.3 Å². The molecular formula is C24H37N3O7. The maximum atomic E-state index is 13.6. The van der Waals surface area contributed by atoms with Crippen LogP contribution in [0.25, 0.3) is 0 Å². The minimum absolute atomic E-state index is 0.378. The number of hydrogen-bond acceptors (Lipinski definition) is 7. The fraction of sp³-hybridized carbons (Fsp3) is 0.583. The zero-order valence-electron chi connectivity index (χ0n) is 21.2. The molecule has 0 saturated heterocycles. The molecule has 0 saturated carbocycles. The van der Waals surface area contributed by atoms with Gasteiger partial charge in [0.1, 0.15) is 24.2 Å². The number of rotatable bonds is 9. The lowest BCUT2D eigenvalue weighted by Crippen LogP contribution is -2.56. The first-order valence-electron chi connectivity index (χ1n) is 11.1. The quantitative estimate of drug-likeness (QED) is 0.459. The van der Waals surface area contributed by atoms with Gasteiger partial charge in [-0.25, -0.2) is 4.79 Å². The smallest absolute Gasteiger partial charge is 0.408 e. The summed E-state index contributed by atoms with van der Waals surface area (Å²) in [5.74, 6) is -1.92. The van der Waals surface area contributed by atoms with E-state index >= 15 is 0 Å². The number of benzene rings is 1. The predicted molar refractivity (Wildman–Crippen MR) is 126 cm³/mol. The van der Waals surface area contributed by atoms with E-state index in [2.05, 4.69) is 15.4 Å². The lowest BCUT2D eigenvalue weighted by atomic mass is 9.93. The maximum Gasteiger partial charge on any atom is 0.408 e. The number of nitrogens with one attached hydrogen (secondary N) is 2. The second kappa shape index (κ2) is 12.4. The predicted octanol–water partition coefficient (Wildman–Crippen LogP) is 1.76. The number of methoxy groups -OCH3 is 1. The molecule has 0 aliphatic heterocycles. The van der Waals surface area contributed by atoms with Crippen molar-refractivity contribution in [1.29, 1.82) is 0 Å². The Hall–Kier alpha value is -3.14. The number of nitrogens with zero attached hydrogens (tertiary/aromatic N) is 1. The first-order chi connectivity index (χ1) is 15.7. The molecule has 0 aliphatic rings. The Balaban J connectivity index is 3.45. The van der Waals surface area contributed by atoms with Gasteiger partial charge in [0.05, 0.1) is 13.7 Å². The Morgan fingerprint density at radius 2 is 1.65 bits per heavy atom. The highest BCUT2D eigenvalue weighted by Gasteiger charge is 2.39. The van der Waals surface area contributed by atoms with Gasteiger partial charge in [-0.2, -0.15) is 0 Å². The fourth-order valence-corrected chi connectivity index (χ4v) is 3.48. The van der Waals surface area contributed by atoms with Crippen molar-refractivity contribution in [1.82, 2.24) is 15.5 Å². The number of aryl methyl sites for hydroxylation is 2. The first kappa shape index (κ1) is 28.9. The third-order valence-electron chi connectivity index (χ3n) is 4.96. The molecule has 34 heavy (non-hydrogen) atoms. The van der Waals surface area contributed by atoms with Crippen LogP contribution in [0.4, 0.5) is 4.79 Å². The van der Waals surface area contributed by atoms with Crippen molar-refractivity contribution in [3.8, 4) is 0 Å². The highest BCUT2D eigenvalue weighted by Crippen LogP contribution is 2.30. The highest BCUT2D eigenvalue weighted by atomic mass is 16.6. The molecular weight excluding hydrogens is 442 g/mol. The van der Waals surface area contributed by atoms with Crippen molar-refractivity contribution in [3.63, 3.8) is 0 Å². The zero-order valence-corrected chi connectivity index (χ0v) is 21.2. The number of hydrogen-bond donors (Lipinski definition) is 3. The van der Waals surface area contributed by atoms with E-state index in [1.165, 1.54) is 12.0 Å². The summed E-state index contributed by atoms with van der Waals surface area (Å²) in [7, 11) is 1.20. The molecule has 0 aromatic heterocycles. The van der Waals surface area contributed by atoms with Gasteiger partial charge in [0.2, 0.25) is 11.8 Å². The fourth-order valence-electron chi connectivity index (χ4n) is 3.48. The molecule has 0 bridgehead atoms. The standard InChI is InChI=1S/C24H37N3O7/c1-14(2)27(22(31)17(13-28)26-23(32)34-24(5,6)7)20(21(30)25-12-18(29)33-8)19-15(3)10-9-11-16(19)4/h9-11,14,17,20,28H,12-13H2,1-8H3,(H,25,30)(H,26,32). The van der Waals surface area contributed by atoms with Gasteiger partial charge in [-0.1, -0.05) is 18.2 Å². The van der Waals surface area contributed by atoms with Gasteiger partial charge in [0, 0.05) is 6.04 Å². The van der Waals surface area contributed by atoms with Crippen LogP contribution < -0.4 is 10.6 Å². The SMILES string of the molecule is COC(=O)CNC(=O)C(c1c(C)cccc1C)N(C(=O)C(CO)NC(=O)OC(C)(C)C)C(C)C. The van der Waals surface area contributed by atoms with E-state index in [0.717, 1.165) is 11.1 Å². The van der Waals surface area contributed by atoms with Crippen LogP contribution >= 0.6 is 0 Å². The van der Waals surface area contributed by atoms with E-state index in [1.807, 2.05) is 32.0 Å². The molecule has 3 N–H and O–H groups in total. The second-order valence-electron chi connectivity index (χ2n) is 9.22. The molecule has 3 amide bonds. The van der Waals surface area contributed by atoms with Gasteiger partial charge in [-0.05, 0) is 65.2 Å². The molecule has 10 nitrogen and oxygen atoms in total. The Bertz CT molecular complexity index is 873. The topological polar surface area (TPSA) is 134 Å². The lowest BCUT2D eigenvalue weighted by molar-refractivity contribution is -0.146. The Morgan fingerprint density at radius 3 is 2.09 bits per heavy atom. The second-order valence-corrected chi connectivity index (χ2v) is 9.22. The molecule has 1 rings (SSSR count). The Labute approximate surface area is 201 Å². The largest absolute Gasteiger partial charge is 0.468 e. The molecule has 0 heterocycles. The van der Waals surface area contributed by atoms with Crippen molar-refractivity contribution < 1.29 is 33.8 Å². The number of carbonyl (C=O) groups excluding carboxylic acids is 4. The summed E-state index contributed by atoms with van der Waals surface area (Å²) in [6, 6.07) is 2.47. The summed E-state index contributed by atoms with van der Waals surface area (Å²) in [4.78, 5) is 52.1. The third kappa shape index (κ3) is 8.02. The summed E-state index contributed by atoms with van der Waals surface area (Å²) < 4.78 is 9.81. The van der Waals surface area contributed by atoms with Crippen molar-refractivity contribution in [2.24, 2.45) is 0 Å². The van der Waals surface area contributed by atoms with Crippen molar-refractivity contribution in [2.45, 2.75) is 72.2 Å². The normalized spacial score (nSPS) is 13.0. The summed E-state index contributed by atoms with van der Waals surface area (Å²) in [6.07, 6.45) is -0.873. The number of esters is 1. The van der Waals surface area contributed by atoms with E-state index < -0.39 is 54.2 Å². The molecule has 2 unspecified atom stereocenters. The Kier molecular flexibility index (Phi) is 10.5. The van der Waals surface area contributed by atoms with Gasteiger partial charge in [0.15, 0.2) is 0 Å². The average molecular weight is 480 g/mol. The van der Waals surface area contributed by atoms with Crippen LogP contribution in [0.15, 0.2) is 18.2 Å². The van der Waals surface area contributed by atoms with E-state index in [4.69, 9.17) is 4.74 Å². The van der Waals surface area contributed by atoms with Crippen LogP contribution in [0, 0.1) is 13.8 Å². The number of carbonyl (C=O) groups is 4. The molecule has 1 aromatic rings. The van der Waals surface area contributed by atoms with E-state index in [0.29, 0.717) is 5.56 Å². The lowest BCUT2D eigenvalue weighted by Gasteiger charge is -2.38. The molecule has 0 spiro atoms. The number of ether oxygens (including phenoxy) is 2. The van der Waals surface area contributed by atoms with Gasteiger partial charge >= 0.3 is 12.1 Å². The van der Waals surface area contributed by atoms with Crippen LogP contribution in [0.1, 0.15) is 57.4 Å². The highest BCUT2D eigenvalue weighted by molar-refractivity contribution is 5.93. The van der Waals surface area contributed by atoms with Crippen molar-refractivity contribution >= 4 is 23.9 Å². The molecule has 0 fully saturated rings. The number of aliphatic hydroxyl groups excluding tert-OH is 1. The van der Waals surface area contributed by atoms with Crippen LogP contribution in [0.2, 0.25) is 0 Å². The molecule has 190 valence electrons. The maximum absolute atomic E-state index is 13.6. The zero-order chi connectivity index (χ0) is 26.2. The van der Waals surface area contributed by atoms with E-state index in [-0.39, 0.29) is 6.54 Å². The van der Waals surface area contributed by atoms with Crippen LogP contribution in [-0.2, 0) is 23.9 Å². The van der Waals surface area contributed by atoms with Crippen LogP contribution in [0.5, 0.6) is 0 Å². The summed E-state index contributed by atoms with van der Waals surface area (Å²) in [5.41, 5.74) is 1.30. The van der Waals surface area contributed by atoms with Crippen LogP contribution in [-0.4, -0.2) is 71.8 Å². The first-order valence-corrected chi connectivity index (χ1v) is 11.1. The van der Waals surface area contributed by atoms with Gasteiger partial charge in [0.25, 0.3) is 0 Å². The van der Waals surface area contributed by atoms with E-state index in [1.54, 1.807) is 34.6 Å². The number of aliphatic hydroxyl groups is 1. The van der Waals surface area contributed by atoms with Crippen molar-refractivity contribution in [3.05, 3.63) is 34.9 Å². The monoisotopic (exact) mass is 479 g/mol. The Morgan fingerprint density at radius 1 is 1.09 bits per heavy atom. The van der Waals surface area contributed by atoms with Crippen molar-refractivity contribution in [2.75, 3.05) is 20.3 Å². The summed E-state index contributed by atoms with van der Waals surface area (Å²) >= 11 is 0. The van der Waals surface area contributed by atoms with Gasteiger partial charge in [-0.3, -0.25) is 14.4 Å². The minimum atomic E-state index is -1.35.